The highest BCUT2D eigenvalue weighted by Crippen LogP contribution is 2.41. The lowest BCUT2D eigenvalue weighted by Crippen LogP contribution is -2.29. The molecular weight excluding hydrogens is 1840 g/mol. The summed E-state index contributed by atoms with van der Waals surface area (Å²) >= 11 is 14.3. The van der Waals surface area contributed by atoms with Crippen LogP contribution >= 0.6 is 63.7 Å². The number of nitrogen functional groups attached to an aromatic ring is 6. The van der Waals surface area contributed by atoms with E-state index >= 15 is 0 Å². The van der Waals surface area contributed by atoms with Crippen LogP contribution in [0.1, 0.15) is 136 Å². The third-order valence-electron chi connectivity index (χ3n) is 24.2. The van der Waals surface area contributed by atoms with Gasteiger partial charge in [0.05, 0.1) is 63.7 Å². The number of nitrogens with zero attached hydrogens (tertiary/aromatic N) is 24. The second-order valence-corrected chi connectivity index (χ2v) is 36.0. The molecule has 6 saturated heterocycles. The Hall–Kier alpha value is -11.0. The summed E-state index contributed by atoms with van der Waals surface area (Å²) in [6.45, 7) is 15.2. The van der Waals surface area contributed by atoms with Crippen molar-refractivity contribution in [2.45, 2.75) is 133 Å². The third-order valence-corrected chi connectivity index (χ3v) is 27.3. The maximum absolute atomic E-state index is 6.29. The summed E-state index contributed by atoms with van der Waals surface area (Å²) in [4.78, 5) is 37.6. The Morgan fingerprint density at radius 1 is 0.392 bits per heavy atom. The molecule has 125 heavy (non-hydrogen) atoms. The van der Waals surface area contributed by atoms with Crippen molar-refractivity contribution in [2.24, 2.45) is 30.0 Å². The zero-order chi connectivity index (χ0) is 87.0. The van der Waals surface area contributed by atoms with Crippen molar-refractivity contribution in [2.75, 3.05) is 133 Å². The highest BCUT2D eigenvalue weighted by Gasteiger charge is 2.32. The molecule has 9 aliphatic rings. The molecule has 3 aliphatic carbocycles. The molecule has 0 spiro atoms. The van der Waals surface area contributed by atoms with Gasteiger partial charge in [-0.25, -0.2) is 29.9 Å². The fourth-order valence-corrected chi connectivity index (χ4v) is 19.5. The van der Waals surface area contributed by atoms with Gasteiger partial charge in [-0.2, -0.15) is 62.8 Å². The lowest BCUT2D eigenvalue weighted by atomic mass is 9.96. The monoisotopic (exact) mass is 1950 g/mol. The number of hydrogen-bond acceptors (Lipinski definition) is 29. The van der Waals surface area contributed by atoms with Crippen molar-refractivity contribution in [1.82, 2.24) is 108 Å². The lowest BCUT2D eigenvalue weighted by Gasteiger charge is -2.23. The van der Waals surface area contributed by atoms with Crippen molar-refractivity contribution >= 4 is 173 Å². The Morgan fingerprint density at radius 3 is 1.14 bits per heavy atom. The van der Waals surface area contributed by atoms with Crippen molar-refractivity contribution in [3.8, 4) is 11.1 Å². The first kappa shape index (κ1) is 86.2. The predicted octanol–water partition coefficient (Wildman–Crippen LogP) is 9.56. The third kappa shape index (κ3) is 17.6. The number of nitrogens with two attached hydrogens (primary N) is 10. The fraction of sp³-hybridized carbons (Fsp3) is 0.400. The molecule has 0 bridgehead atoms. The van der Waals surface area contributed by atoms with Gasteiger partial charge in [-0.05, 0) is 177 Å². The maximum atomic E-state index is 6.29. The van der Waals surface area contributed by atoms with E-state index in [1.807, 2.05) is 62.6 Å². The first-order valence-electron chi connectivity index (χ1n) is 42.7. The van der Waals surface area contributed by atoms with E-state index < -0.39 is 0 Å². The van der Waals surface area contributed by atoms with Crippen molar-refractivity contribution in [3.05, 3.63) is 173 Å². The van der Waals surface area contributed by atoms with E-state index in [0.29, 0.717) is 46.7 Å². The van der Waals surface area contributed by atoms with E-state index in [9.17, 15) is 0 Å². The van der Waals surface area contributed by atoms with E-state index in [0.717, 1.165) is 292 Å². The quantitative estimate of drug-likeness (QED) is 0.0541. The number of aryl methyl sites for hydroxylation is 3. The zero-order valence-electron chi connectivity index (χ0n) is 70.1. The van der Waals surface area contributed by atoms with Gasteiger partial charge in [-0.1, -0.05) is 68.5 Å². The summed E-state index contributed by atoms with van der Waals surface area (Å²) in [5.74, 6) is 7.85. The van der Waals surface area contributed by atoms with Crippen molar-refractivity contribution in [1.29, 1.82) is 0 Å². The van der Waals surface area contributed by atoms with Crippen LogP contribution in [0.2, 0.25) is 0 Å². The molecule has 22 rings (SSSR count). The number of halogens is 4. The Kier molecular flexibility index (Phi) is 25.7. The Morgan fingerprint density at radius 2 is 0.744 bits per heavy atom. The minimum absolute atomic E-state index is 0.191. The van der Waals surface area contributed by atoms with Gasteiger partial charge in [0.25, 0.3) is 0 Å². The van der Waals surface area contributed by atoms with Crippen LogP contribution in [0.4, 0.5) is 58.2 Å². The molecule has 6 fully saturated rings. The predicted molar refractivity (Wildman–Crippen MR) is 510 cm³/mol. The van der Waals surface area contributed by atoms with Gasteiger partial charge in [-0.15, -0.1) is 0 Å². The second kappa shape index (κ2) is 37.3. The van der Waals surface area contributed by atoms with Crippen LogP contribution in [0, 0.1) is 0 Å². The SMILES string of the molecule is CCc1cnn2c(N)c(Br)c(N3CC[C@H](N)C3)nc12.CCc1cnn2c(N)cc(N3CC[C@H](N)C3)nc12.Cn1cc(-c2cnn3c(N)c(Br)c(C4CCCNC4)nc23)cn1.Nc1c(Br)c(C2CCCNC2)nc2c(C3=CCC=C3)cnn12.Nc1c(Br)c(N2CC[C@H](N)C2)nc2c(C3=CCC=C3)cnn12.Nc1cc(N2CC[C@H](N)C2)nc2c(C3=CCC=C3)cnn12. The minimum Gasteiger partial charge on any atom is -0.383 e. The van der Waals surface area contributed by atoms with Gasteiger partial charge < -0.3 is 87.6 Å². The molecule has 654 valence electrons. The summed E-state index contributed by atoms with van der Waals surface area (Å²) < 4.78 is 15.2. The van der Waals surface area contributed by atoms with E-state index in [-0.39, 0.29) is 24.2 Å². The van der Waals surface area contributed by atoms with Crippen molar-refractivity contribution in [3.63, 3.8) is 0 Å². The van der Waals surface area contributed by atoms with E-state index in [1.54, 1.807) is 38.0 Å². The highest BCUT2D eigenvalue weighted by molar-refractivity contribution is 9.11. The van der Waals surface area contributed by atoms with Crippen LogP contribution in [-0.2, 0) is 19.9 Å². The lowest BCUT2D eigenvalue weighted by molar-refractivity contribution is 0.453. The molecule has 36 nitrogen and oxygen atoms in total. The average molecular weight is 1950 g/mol. The summed E-state index contributed by atoms with van der Waals surface area (Å²) in [7, 11) is 1.90. The molecule has 6 aliphatic heterocycles. The second-order valence-electron chi connectivity index (χ2n) is 32.8. The normalized spacial score (nSPS) is 20.4. The highest BCUT2D eigenvalue weighted by atomic mass is 79.9. The maximum Gasteiger partial charge on any atom is 0.167 e. The average Bonchev–Trinajstić information content (AvgIpc) is 1.63. The molecule has 0 aromatic carbocycles. The molecule has 2 unspecified atom stereocenters. The molecular formula is C85H106Br4N36. The van der Waals surface area contributed by atoms with Crippen LogP contribution in [0.25, 0.3) is 61.7 Å². The van der Waals surface area contributed by atoms with Crippen LogP contribution in [0.5, 0.6) is 0 Å². The first-order chi connectivity index (χ1) is 60.6. The van der Waals surface area contributed by atoms with E-state index in [1.165, 1.54) is 12.0 Å². The van der Waals surface area contributed by atoms with Crippen LogP contribution in [-0.4, -0.2) is 200 Å². The number of allylic oxidation sites excluding steroid dienone is 12. The molecule has 0 radical (unpaired) electrons. The summed E-state index contributed by atoms with van der Waals surface area (Å²) in [6, 6.07) is 4.60. The van der Waals surface area contributed by atoms with Gasteiger partial charge in [0.2, 0.25) is 0 Å². The van der Waals surface area contributed by atoms with Gasteiger partial charge >= 0.3 is 0 Å². The molecule has 22 N–H and O–H groups in total. The number of piperidine rings is 2. The Bertz CT molecular complexity index is 6240. The number of hydrogen-bond donors (Lipinski definition) is 12. The van der Waals surface area contributed by atoms with Crippen LogP contribution < -0.4 is 87.6 Å². The van der Waals surface area contributed by atoms with E-state index in [2.05, 4.69) is 203 Å². The number of aromatic nitrogens is 20. The minimum atomic E-state index is 0.191. The fourth-order valence-electron chi connectivity index (χ4n) is 17.3. The summed E-state index contributed by atoms with van der Waals surface area (Å²) in [5.41, 5.74) is 78.7. The summed E-state index contributed by atoms with van der Waals surface area (Å²) in [6.07, 6.45) is 47.2. The van der Waals surface area contributed by atoms with Gasteiger partial charge in [0, 0.05) is 166 Å². The number of fused-ring (bicyclic) bond motifs is 6. The largest absolute Gasteiger partial charge is 0.383 e. The van der Waals surface area contributed by atoms with Gasteiger partial charge in [-0.3, -0.25) is 4.68 Å². The summed E-state index contributed by atoms with van der Waals surface area (Å²) in [5, 5.41) is 37.2. The Balaban J connectivity index is 0.000000106. The number of anilines is 10. The molecule has 40 heteroatoms. The Labute approximate surface area is 755 Å². The number of nitrogens with one attached hydrogen (secondary N) is 2. The molecule has 13 aromatic rings. The first-order valence-corrected chi connectivity index (χ1v) is 45.9. The van der Waals surface area contributed by atoms with Crippen LogP contribution in [0.15, 0.2) is 134 Å². The molecule has 13 aromatic heterocycles. The van der Waals surface area contributed by atoms with Gasteiger partial charge in [0.15, 0.2) is 33.9 Å². The topological polar surface area (TPSA) is 496 Å². The smallest absolute Gasteiger partial charge is 0.167 e. The standard InChI is InChI=1S/C16H18BrN5.C15H18BrN7.C15H17BrN6.C15H18N6.C12H17BrN6.C12H18N6/c17-13-14(11-6-3-7-19-8-11)21-16-12(10-4-1-2-5-10)9-20-22(16)15(13)18;1-22-8-10(6-19-22)11-7-20-23-14(17)12(16)13(21-15(11)23)9-3-2-4-18-5-9;16-12-13(18)22-14(11(7-19-22)9-3-1-2-4-9)20-15(12)21-6-5-10(17)8-21;16-11-5-6-20(9-11)14-7-13(17)21-15(19-14)12(8-18-21)10-3-1-2-4-10;1-2-7-5-16-19-10(15)9(13)12(17-11(7)19)18-4-3-8(14)6-18;1-2-8-6-15-18-10(14)5-11(16-12(8)18)17-4-3-9(13)7-17/h1,4-5,9,11,19H,2-3,6-8,18H2;6-9,18H,2-5,17H2,1H3;1,3-4,7,10H,2,5-6,8,17-18H2;1,3-4,7-8,11H,2,5-6,9,16-17H2;5,8H,2-4,6,14-15H2,1H3;5-6,9H,2-4,7,13-14H2,1H3/t;;10-;11-;8-;9-/m..0000/s1. The molecule has 0 saturated carbocycles. The molecule has 19 heterocycles. The van der Waals surface area contributed by atoms with E-state index in [4.69, 9.17) is 82.3 Å². The van der Waals surface area contributed by atoms with Gasteiger partial charge in [0.1, 0.15) is 67.1 Å². The molecule has 0 amide bonds. The number of rotatable bonds is 12. The van der Waals surface area contributed by atoms with Crippen LogP contribution in [0.3, 0.4) is 0 Å². The molecule has 6 atom stereocenters. The zero-order valence-corrected chi connectivity index (χ0v) is 76.5. The van der Waals surface area contributed by atoms with Crippen molar-refractivity contribution < 1.29 is 0 Å².